The van der Waals surface area contributed by atoms with Crippen LogP contribution in [0.2, 0.25) is 0 Å². The Morgan fingerprint density at radius 2 is 1.88 bits per heavy atom. The van der Waals surface area contributed by atoms with Gasteiger partial charge in [0.1, 0.15) is 5.60 Å². The highest BCUT2D eigenvalue weighted by Gasteiger charge is 2.38. The van der Waals surface area contributed by atoms with Crippen LogP contribution in [0.3, 0.4) is 0 Å². The SMILES string of the molecule is C=CC(=O)OC(C)(C)CCC1CC2CC(C1)C2. The molecule has 17 heavy (non-hydrogen) atoms. The second-order valence-electron chi connectivity index (χ2n) is 6.46. The van der Waals surface area contributed by atoms with Crippen molar-refractivity contribution in [2.45, 2.75) is 58.0 Å². The average molecular weight is 236 g/mol. The van der Waals surface area contributed by atoms with Crippen molar-refractivity contribution in [3.8, 4) is 0 Å². The van der Waals surface area contributed by atoms with E-state index >= 15 is 0 Å². The molecule has 0 aromatic rings. The summed E-state index contributed by atoms with van der Waals surface area (Å²) in [5, 5.41) is 0. The predicted octanol–water partition coefficient (Wildman–Crippen LogP) is 3.71. The first-order chi connectivity index (χ1) is 7.98. The van der Waals surface area contributed by atoms with Crippen LogP contribution in [-0.4, -0.2) is 11.6 Å². The Balaban J connectivity index is 1.73. The number of esters is 1. The molecule has 2 nitrogen and oxygen atoms in total. The number of fused-ring (bicyclic) bond motifs is 2. The summed E-state index contributed by atoms with van der Waals surface area (Å²) in [5.74, 6) is 2.59. The monoisotopic (exact) mass is 236 g/mol. The largest absolute Gasteiger partial charge is 0.457 e. The molecule has 2 heteroatoms. The van der Waals surface area contributed by atoms with Gasteiger partial charge in [0.25, 0.3) is 0 Å². The van der Waals surface area contributed by atoms with Crippen molar-refractivity contribution in [3.05, 3.63) is 12.7 Å². The van der Waals surface area contributed by atoms with E-state index in [-0.39, 0.29) is 11.6 Å². The summed E-state index contributed by atoms with van der Waals surface area (Å²) in [5.41, 5.74) is -0.340. The number of ether oxygens (including phenoxy) is 1. The molecule has 0 radical (unpaired) electrons. The fourth-order valence-corrected chi connectivity index (χ4v) is 3.45. The minimum Gasteiger partial charge on any atom is -0.457 e. The summed E-state index contributed by atoms with van der Waals surface area (Å²) in [7, 11) is 0. The normalized spacial score (nSPS) is 31.5. The molecule has 0 heterocycles. The lowest BCUT2D eigenvalue weighted by atomic mass is 9.60. The molecule has 0 N–H and O–H groups in total. The van der Waals surface area contributed by atoms with Crippen molar-refractivity contribution in [2.24, 2.45) is 17.8 Å². The lowest BCUT2D eigenvalue weighted by Gasteiger charge is -2.45. The maximum Gasteiger partial charge on any atom is 0.330 e. The van der Waals surface area contributed by atoms with Gasteiger partial charge in [0.05, 0.1) is 0 Å². The Bertz CT molecular complexity index is 290. The molecule has 3 aliphatic rings. The maximum absolute atomic E-state index is 11.2. The molecule has 2 bridgehead atoms. The van der Waals surface area contributed by atoms with E-state index in [1.54, 1.807) is 0 Å². The first-order valence-electron chi connectivity index (χ1n) is 6.84. The van der Waals surface area contributed by atoms with E-state index in [9.17, 15) is 4.79 Å². The molecule has 0 aliphatic heterocycles. The lowest BCUT2D eigenvalue weighted by Crippen LogP contribution is -2.35. The molecular formula is C15H24O2. The van der Waals surface area contributed by atoms with Crippen LogP contribution >= 0.6 is 0 Å². The zero-order valence-corrected chi connectivity index (χ0v) is 11.1. The topological polar surface area (TPSA) is 26.3 Å². The Morgan fingerprint density at radius 1 is 1.29 bits per heavy atom. The second kappa shape index (κ2) is 4.83. The number of rotatable bonds is 5. The smallest absolute Gasteiger partial charge is 0.330 e. The molecular weight excluding hydrogens is 212 g/mol. The van der Waals surface area contributed by atoms with E-state index in [2.05, 4.69) is 6.58 Å². The van der Waals surface area contributed by atoms with Crippen molar-refractivity contribution in [1.82, 2.24) is 0 Å². The number of carbonyl (C=O) groups excluding carboxylic acids is 1. The Labute approximate surface area is 104 Å². The van der Waals surface area contributed by atoms with Gasteiger partial charge in [-0.1, -0.05) is 6.58 Å². The molecule has 0 aromatic carbocycles. The van der Waals surface area contributed by atoms with Crippen molar-refractivity contribution >= 4 is 5.97 Å². The standard InChI is InChI=1S/C15H24O2/c1-4-14(16)17-15(2,3)6-5-11-7-12-9-13(8-11)10-12/h4,11-13H,1,5-10H2,2-3H3. The Kier molecular flexibility index (Phi) is 3.60. The summed E-state index contributed by atoms with van der Waals surface area (Å²) in [6, 6.07) is 0. The van der Waals surface area contributed by atoms with Crippen molar-refractivity contribution < 1.29 is 9.53 Å². The van der Waals surface area contributed by atoms with Crippen molar-refractivity contribution in [2.75, 3.05) is 0 Å². The summed E-state index contributed by atoms with van der Waals surface area (Å²) >= 11 is 0. The van der Waals surface area contributed by atoms with E-state index in [1.165, 1.54) is 38.2 Å². The van der Waals surface area contributed by atoms with E-state index in [4.69, 9.17) is 4.74 Å². The van der Waals surface area contributed by atoms with Gasteiger partial charge in [0.2, 0.25) is 0 Å². The minimum atomic E-state index is -0.340. The van der Waals surface area contributed by atoms with Crippen LogP contribution in [0.25, 0.3) is 0 Å². The summed E-state index contributed by atoms with van der Waals surface area (Å²) in [4.78, 5) is 11.2. The van der Waals surface area contributed by atoms with E-state index < -0.39 is 0 Å². The first-order valence-corrected chi connectivity index (χ1v) is 6.84. The Morgan fingerprint density at radius 3 is 2.41 bits per heavy atom. The van der Waals surface area contributed by atoms with Gasteiger partial charge >= 0.3 is 5.97 Å². The van der Waals surface area contributed by atoms with Gasteiger partial charge in [-0.3, -0.25) is 0 Å². The third-order valence-electron chi connectivity index (χ3n) is 4.36. The molecule has 96 valence electrons. The summed E-state index contributed by atoms with van der Waals surface area (Å²) in [6.45, 7) is 7.43. The average Bonchev–Trinajstić information content (AvgIpc) is 2.25. The molecule has 0 saturated heterocycles. The number of hydrogen-bond acceptors (Lipinski definition) is 2. The van der Waals surface area contributed by atoms with Crippen LogP contribution in [0, 0.1) is 17.8 Å². The highest BCUT2D eigenvalue weighted by molar-refractivity contribution is 5.81. The van der Waals surface area contributed by atoms with Crippen LogP contribution in [-0.2, 0) is 9.53 Å². The summed E-state index contributed by atoms with van der Waals surface area (Å²) < 4.78 is 5.36. The third-order valence-corrected chi connectivity index (χ3v) is 4.36. The molecule has 3 fully saturated rings. The first kappa shape index (κ1) is 12.7. The lowest BCUT2D eigenvalue weighted by molar-refractivity contribution is -0.151. The molecule has 0 atom stereocenters. The van der Waals surface area contributed by atoms with Crippen molar-refractivity contribution in [1.29, 1.82) is 0 Å². The van der Waals surface area contributed by atoms with Crippen molar-refractivity contribution in [3.63, 3.8) is 0 Å². The van der Waals surface area contributed by atoms with Gasteiger partial charge in [-0.05, 0) is 70.1 Å². The van der Waals surface area contributed by atoms with E-state index in [1.807, 2.05) is 13.8 Å². The van der Waals surface area contributed by atoms with Gasteiger partial charge in [0, 0.05) is 6.08 Å². The van der Waals surface area contributed by atoms with Crippen LogP contribution in [0.5, 0.6) is 0 Å². The van der Waals surface area contributed by atoms with Gasteiger partial charge in [-0.25, -0.2) is 4.79 Å². The number of hydrogen-bond donors (Lipinski definition) is 0. The summed E-state index contributed by atoms with van der Waals surface area (Å²) in [6.07, 6.45) is 9.18. The molecule has 3 aliphatic carbocycles. The Hall–Kier alpha value is -0.790. The fraction of sp³-hybridized carbons (Fsp3) is 0.800. The van der Waals surface area contributed by atoms with Gasteiger partial charge in [-0.15, -0.1) is 0 Å². The van der Waals surface area contributed by atoms with Gasteiger partial charge < -0.3 is 4.74 Å². The van der Waals surface area contributed by atoms with E-state index in [0.29, 0.717) is 0 Å². The predicted molar refractivity (Wildman–Crippen MR) is 68.5 cm³/mol. The van der Waals surface area contributed by atoms with Crippen LogP contribution in [0.15, 0.2) is 12.7 Å². The zero-order valence-electron chi connectivity index (χ0n) is 11.1. The highest BCUT2D eigenvalue weighted by atomic mass is 16.6. The maximum atomic E-state index is 11.2. The number of carbonyl (C=O) groups is 1. The molecule has 3 saturated carbocycles. The van der Waals surface area contributed by atoms with Crippen LogP contribution in [0.4, 0.5) is 0 Å². The molecule has 0 spiro atoms. The second-order valence-corrected chi connectivity index (χ2v) is 6.46. The highest BCUT2D eigenvalue weighted by Crippen LogP contribution is 2.49. The van der Waals surface area contributed by atoms with Gasteiger partial charge in [0.15, 0.2) is 0 Å². The quantitative estimate of drug-likeness (QED) is 0.537. The van der Waals surface area contributed by atoms with Crippen LogP contribution in [0.1, 0.15) is 52.4 Å². The molecule has 0 unspecified atom stereocenters. The third kappa shape index (κ3) is 3.34. The molecule has 0 aromatic heterocycles. The van der Waals surface area contributed by atoms with E-state index in [0.717, 1.165) is 24.2 Å². The zero-order chi connectivity index (χ0) is 12.5. The molecule has 0 amide bonds. The minimum absolute atomic E-state index is 0.304. The fourth-order valence-electron chi connectivity index (χ4n) is 3.45. The van der Waals surface area contributed by atoms with Crippen LogP contribution < -0.4 is 0 Å². The molecule has 3 rings (SSSR count). The van der Waals surface area contributed by atoms with Gasteiger partial charge in [-0.2, -0.15) is 0 Å².